The third kappa shape index (κ3) is 3.80. The molecule has 1 aromatic rings. The zero-order chi connectivity index (χ0) is 13.8. The van der Waals surface area contributed by atoms with Crippen LogP contribution < -0.4 is 5.32 Å². The molecule has 1 fully saturated rings. The van der Waals surface area contributed by atoms with Crippen LogP contribution in [0, 0.1) is 0 Å². The average molecular weight is 412 g/mol. The quantitative estimate of drug-likeness (QED) is 0.800. The number of nitrogens with zero attached hydrogens (tertiary/aromatic N) is 1. The minimum atomic E-state index is 0.225. The molecule has 6 heteroatoms. The van der Waals surface area contributed by atoms with E-state index in [0.717, 1.165) is 34.5 Å². The monoisotopic (exact) mass is 410 g/mol. The van der Waals surface area contributed by atoms with Gasteiger partial charge in [-0.05, 0) is 57.9 Å². The van der Waals surface area contributed by atoms with E-state index < -0.39 is 0 Å². The third-order valence-corrected chi connectivity index (χ3v) is 6.65. The van der Waals surface area contributed by atoms with Gasteiger partial charge >= 0.3 is 0 Å². The van der Waals surface area contributed by atoms with Crippen molar-refractivity contribution >= 4 is 43.2 Å². The summed E-state index contributed by atoms with van der Waals surface area (Å²) in [5.74, 6) is 0. The highest BCUT2D eigenvalue weighted by Gasteiger charge is 2.34. The van der Waals surface area contributed by atoms with Gasteiger partial charge in [-0.25, -0.2) is 0 Å². The highest BCUT2D eigenvalue weighted by Crippen LogP contribution is 2.40. The minimum absolute atomic E-state index is 0.225. The van der Waals surface area contributed by atoms with Crippen molar-refractivity contribution in [1.82, 2.24) is 10.2 Å². The number of halogens is 2. The Morgan fingerprint density at radius 3 is 2.89 bits per heavy atom. The molecule has 0 saturated carbocycles. The molecule has 0 spiro atoms. The standard InChI is InChI=1S/C13H20Br2N2OS/c1-3-4-17-5-6-18-10(8-16-2)12(17)11-7-9(14)13(15)19-11/h7,10,12,16H,3-6,8H2,1-2H3. The second-order valence-electron chi connectivity index (χ2n) is 4.72. The van der Waals surface area contributed by atoms with Crippen molar-refractivity contribution in [2.75, 3.05) is 33.3 Å². The zero-order valence-corrected chi connectivity index (χ0v) is 15.3. The largest absolute Gasteiger partial charge is 0.374 e. The van der Waals surface area contributed by atoms with Gasteiger partial charge < -0.3 is 10.1 Å². The van der Waals surface area contributed by atoms with E-state index in [2.05, 4.69) is 55.1 Å². The molecular weight excluding hydrogens is 392 g/mol. The van der Waals surface area contributed by atoms with Gasteiger partial charge in [-0.3, -0.25) is 4.90 Å². The molecule has 2 unspecified atom stereocenters. The second-order valence-corrected chi connectivity index (χ2v) is 7.97. The zero-order valence-electron chi connectivity index (χ0n) is 11.3. The van der Waals surface area contributed by atoms with Gasteiger partial charge in [0.05, 0.1) is 22.5 Å². The van der Waals surface area contributed by atoms with Crippen molar-refractivity contribution in [2.24, 2.45) is 0 Å². The van der Waals surface area contributed by atoms with Gasteiger partial charge in [-0.1, -0.05) is 6.92 Å². The molecule has 2 atom stereocenters. The SMILES string of the molecule is CCCN1CCOC(CNC)C1c1cc(Br)c(Br)s1. The first-order chi connectivity index (χ1) is 9.17. The van der Waals surface area contributed by atoms with Crippen LogP contribution in [0.25, 0.3) is 0 Å². The Balaban J connectivity index is 2.25. The van der Waals surface area contributed by atoms with E-state index in [0.29, 0.717) is 6.04 Å². The van der Waals surface area contributed by atoms with Gasteiger partial charge in [-0.2, -0.15) is 0 Å². The number of thiophene rings is 1. The summed E-state index contributed by atoms with van der Waals surface area (Å²) >= 11 is 8.99. The van der Waals surface area contributed by atoms with E-state index in [9.17, 15) is 0 Å². The minimum Gasteiger partial charge on any atom is -0.374 e. The molecule has 0 bridgehead atoms. The van der Waals surface area contributed by atoms with E-state index >= 15 is 0 Å². The Morgan fingerprint density at radius 2 is 2.32 bits per heavy atom. The smallest absolute Gasteiger partial charge is 0.0904 e. The number of hydrogen-bond acceptors (Lipinski definition) is 4. The maximum atomic E-state index is 5.98. The molecule has 0 amide bonds. The number of rotatable bonds is 5. The number of morpholine rings is 1. The van der Waals surface area contributed by atoms with Crippen molar-refractivity contribution in [3.8, 4) is 0 Å². The number of nitrogens with one attached hydrogen (secondary N) is 1. The van der Waals surface area contributed by atoms with Crippen molar-refractivity contribution in [1.29, 1.82) is 0 Å². The fourth-order valence-corrected chi connectivity index (χ4v) is 4.85. The molecule has 1 saturated heterocycles. The fraction of sp³-hybridized carbons (Fsp3) is 0.692. The van der Waals surface area contributed by atoms with Crippen LogP contribution in [0.2, 0.25) is 0 Å². The average Bonchev–Trinajstić information content (AvgIpc) is 2.70. The summed E-state index contributed by atoms with van der Waals surface area (Å²) in [4.78, 5) is 3.92. The molecular formula is C13H20Br2N2OS. The van der Waals surface area contributed by atoms with E-state index in [1.165, 1.54) is 11.3 Å². The lowest BCUT2D eigenvalue weighted by Gasteiger charge is -2.40. The maximum Gasteiger partial charge on any atom is 0.0904 e. The van der Waals surface area contributed by atoms with Crippen LogP contribution in [-0.4, -0.2) is 44.3 Å². The Kier molecular flexibility index (Phi) is 6.30. The predicted molar refractivity (Wildman–Crippen MR) is 88.0 cm³/mol. The van der Waals surface area contributed by atoms with Gasteiger partial charge in [-0.15, -0.1) is 11.3 Å². The molecule has 2 heterocycles. The summed E-state index contributed by atoms with van der Waals surface area (Å²) in [5, 5.41) is 3.25. The van der Waals surface area contributed by atoms with Crippen LogP contribution >= 0.6 is 43.2 Å². The van der Waals surface area contributed by atoms with Crippen molar-refractivity contribution in [3.05, 3.63) is 19.2 Å². The van der Waals surface area contributed by atoms with Crippen LogP contribution in [0.15, 0.2) is 14.3 Å². The van der Waals surface area contributed by atoms with Gasteiger partial charge in [0, 0.05) is 22.4 Å². The Labute approximate surface area is 136 Å². The van der Waals surface area contributed by atoms with Gasteiger partial charge in [0.25, 0.3) is 0 Å². The van der Waals surface area contributed by atoms with Crippen LogP contribution in [0.4, 0.5) is 0 Å². The molecule has 1 aliphatic rings. The van der Waals surface area contributed by atoms with Crippen molar-refractivity contribution in [2.45, 2.75) is 25.5 Å². The highest BCUT2D eigenvalue weighted by molar-refractivity contribution is 9.13. The van der Waals surface area contributed by atoms with E-state index in [4.69, 9.17) is 4.74 Å². The number of ether oxygens (including phenoxy) is 1. The van der Waals surface area contributed by atoms with Gasteiger partial charge in [0.15, 0.2) is 0 Å². The molecule has 0 aliphatic carbocycles. The highest BCUT2D eigenvalue weighted by atomic mass is 79.9. The van der Waals surface area contributed by atoms with Crippen LogP contribution in [-0.2, 0) is 4.74 Å². The van der Waals surface area contributed by atoms with E-state index in [1.54, 1.807) is 11.3 Å². The van der Waals surface area contributed by atoms with Gasteiger partial charge in [0.2, 0.25) is 0 Å². The first kappa shape index (κ1) is 15.9. The lowest BCUT2D eigenvalue weighted by Crippen LogP contribution is -2.48. The molecule has 108 valence electrons. The van der Waals surface area contributed by atoms with E-state index in [-0.39, 0.29) is 6.10 Å². The Hall–Kier alpha value is 0.540. The summed E-state index contributed by atoms with van der Waals surface area (Å²) in [5.41, 5.74) is 0. The summed E-state index contributed by atoms with van der Waals surface area (Å²) in [6.45, 7) is 6.10. The lowest BCUT2D eigenvalue weighted by atomic mass is 10.0. The van der Waals surface area contributed by atoms with Crippen LogP contribution in [0.5, 0.6) is 0 Å². The molecule has 19 heavy (non-hydrogen) atoms. The number of hydrogen-bond donors (Lipinski definition) is 1. The summed E-state index contributed by atoms with van der Waals surface area (Å²) < 4.78 is 8.28. The van der Waals surface area contributed by atoms with Crippen molar-refractivity contribution < 1.29 is 4.74 Å². The Bertz CT molecular complexity index is 376. The molecule has 0 radical (unpaired) electrons. The third-order valence-electron chi connectivity index (χ3n) is 3.33. The van der Waals surface area contributed by atoms with E-state index in [1.807, 2.05) is 7.05 Å². The molecule has 1 N–H and O–H groups in total. The molecule has 0 aromatic carbocycles. The molecule has 2 rings (SSSR count). The van der Waals surface area contributed by atoms with Crippen LogP contribution in [0.1, 0.15) is 24.3 Å². The first-order valence-corrected chi connectivity index (χ1v) is 9.02. The summed E-state index contributed by atoms with van der Waals surface area (Å²) in [7, 11) is 1.99. The fourth-order valence-electron chi connectivity index (χ4n) is 2.57. The Morgan fingerprint density at radius 1 is 1.53 bits per heavy atom. The second kappa shape index (κ2) is 7.52. The van der Waals surface area contributed by atoms with Gasteiger partial charge in [0.1, 0.15) is 0 Å². The first-order valence-electron chi connectivity index (χ1n) is 6.62. The lowest BCUT2D eigenvalue weighted by molar-refractivity contribution is -0.0692. The number of likely N-dealkylation sites (N-methyl/N-ethyl adjacent to an activating group) is 1. The maximum absolute atomic E-state index is 5.98. The molecule has 1 aliphatic heterocycles. The predicted octanol–water partition coefficient (Wildman–Crippen LogP) is 3.64. The molecule has 3 nitrogen and oxygen atoms in total. The normalized spacial score (nSPS) is 24.8. The van der Waals surface area contributed by atoms with Crippen molar-refractivity contribution in [3.63, 3.8) is 0 Å². The topological polar surface area (TPSA) is 24.5 Å². The summed E-state index contributed by atoms with van der Waals surface area (Å²) in [6, 6.07) is 2.58. The van der Waals surface area contributed by atoms with Crippen LogP contribution in [0.3, 0.4) is 0 Å². The molecule has 1 aromatic heterocycles. The summed E-state index contributed by atoms with van der Waals surface area (Å²) in [6.07, 6.45) is 1.40.